The van der Waals surface area contributed by atoms with E-state index in [1.165, 1.54) is 0 Å². The van der Waals surface area contributed by atoms with E-state index in [9.17, 15) is 10.2 Å². The number of hydrogen-bond donors (Lipinski definition) is 2. The van der Waals surface area contributed by atoms with Crippen molar-refractivity contribution in [2.45, 2.75) is 36.2 Å². The highest BCUT2D eigenvalue weighted by Gasteiger charge is 2.22. The first-order valence-corrected chi connectivity index (χ1v) is 11.4. The lowest BCUT2D eigenvalue weighted by atomic mass is 10.1. The average molecular weight is 451 g/mol. The molecule has 6 nitrogen and oxygen atoms in total. The lowest BCUT2D eigenvalue weighted by Crippen LogP contribution is -2.04. The van der Waals surface area contributed by atoms with Crippen molar-refractivity contribution >= 4 is 11.8 Å². The molecule has 0 heterocycles. The van der Waals surface area contributed by atoms with E-state index in [0.29, 0.717) is 35.8 Å². The van der Waals surface area contributed by atoms with Crippen LogP contribution < -0.4 is 18.9 Å². The number of aliphatic hydroxyl groups excluding tert-OH is 2. The summed E-state index contributed by atoms with van der Waals surface area (Å²) in [6.45, 7) is 0.282. The summed E-state index contributed by atoms with van der Waals surface area (Å²) in [6, 6.07) is 11.9. The van der Waals surface area contributed by atoms with Gasteiger partial charge < -0.3 is 29.2 Å². The Morgan fingerprint density at radius 3 is 1.35 bits per heavy atom. The minimum absolute atomic E-state index is 0.141. The largest absolute Gasteiger partial charge is 0.493 e. The van der Waals surface area contributed by atoms with Crippen molar-refractivity contribution in [2.75, 3.05) is 41.7 Å². The molecule has 0 radical (unpaired) electrons. The van der Waals surface area contributed by atoms with E-state index in [1.54, 1.807) is 28.4 Å². The summed E-state index contributed by atoms with van der Waals surface area (Å²) in [5, 5.41) is 19.2. The number of methoxy groups -OCH3 is 4. The zero-order chi connectivity index (χ0) is 22.6. The predicted molar refractivity (Wildman–Crippen MR) is 125 cm³/mol. The van der Waals surface area contributed by atoms with E-state index in [0.717, 1.165) is 24.0 Å². The van der Waals surface area contributed by atoms with Gasteiger partial charge >= 0.3 is 0 Å². The molecule has 31 heavy (non-hydrogen) atoms. The molecule has 0 saturated carbocycles. The Hall–Kier alpha value is -2.09. The van der Waals surface area contributed by atoms with Crippen LogP contribution in [0.1, 0.15) is 47.3 Å². The van der Waals surface area contributed by atoms with Crippen LogP contribution in [0.2, 0.25) is 0 Å². The molecule has 0 spiro atoms. The molecule has 0 aliphatic heterocycles. The second-order valence-electron chi connectivity index (χ2n) is 7.07. The molecule has 0 amide bonds. The zero-order valence-corrected chi connectivity index (χ0v) is 19.6. The van der Waals surface area contributed by atoms with E-state index in [1.807, 2.05) is 48.2 Å². The second-order valence-corrected chi connectivity index (χ2v) is 8.48. The fourth-order valence-electron chi connectivity index (χ4n) is 3.48. The summed E-state index contributed by atoms with van der Waals surface area (Å²) in [6.07, 6.45) is 3.04. The van der Waals surface area contributed by atoms with Gasteiger partial charge in [-0.25, -0.2) is 0 Å². The van der Waals surface area contributed by atoms with Crippen LogP contribution in [0.25, 0.3) is 0 Å². The van der Waals surface area contributed by atoms with Gasteiger partial charge in [0.15, 0.2) is 23.0 Å². The lowest BCUT2D eigenvalue weighted by molar-refractivity contribution is 0.283. The molecule has 0 aliphatic rings. The third kappa shape index (κ3) is 6.95. The van der Waals surface area contributed by atoms with Gasteiger partial charge in [0.1, 0.15) is 0 Å². The van der Waals surface area contributed by atoms with Crippen LogP contribution >= 0.6 is 11.8 Å². The van der Waals surface area contributed by atoms with Crippen molar-refractivity contribution in [1.82, 2.24) is 0 Å². The summed E-state index contributed by atoms with van der Waals surface area (Å²) in [4.78, 5) is 0. The van der Waals surface area contributed by atoms with Crippen molar-refractivity contribution in [3.8, 4) is 23.0 Å². The summed E-state index contributed by atoms with van der Waals surface area (Å²) < 4.78 is 21.7. The van der Waals surface area contributed by atoms with Crippen LogP contribution in [-0.2, 0) is 0 Å². The van der Waals surface area contributed by atoms with Gasteiger partial charge in [-0.05, 0) is 61.1 Å². The Bertz CT molecular complexity index is 732. The number of benzene rings is 2. The van der Waals surface area contributed by atoms with Crippen molar-refractivity contribution < 1.29 is 29.2 Å². The number of thioether (sulfide) groups is 1. The zero-order valence-electron chi connectivity index (χ0n) is 18.8. The molecule has 2 unspecified atom stereocenters. The van der Waals surface area contributed by atoms with Gasteiger partial charge in [-0.15, -0.1) is 11.8 Å². The van der Waals surface area contributed by atoms with Gasteiger partial charge in [-0.3, -0.25) is 0 Å². The van der Waals surface area contributed by atoms with E-state index >= 15 is 0 Å². The predicted octanol–water partition coefficient (Wildman–Crippen LogP) is 4.78. The average Bonchev–Trinajstić information content (AvgIpc) is 2.82. The minimum Gasteiger partial charge on any atom is -0.493 e. The number of hydrogen-bond acceptors (Lipinski definition) is 7. The lowest BCUT2D eigenvalue weighted by Gasteiger charge is -2.25. The molecule has 0 fully saturated rings. The summed E-state index contributed by atoms with van der Waals surface area (Å²) >= 11 is 1.83. The molecule has 0 aliphatic carbocycles. The first-order chi connectivity index (χ1) is 15.1. The van der Waals surface area contributed by atoms with Crippen molar-refractivity contribution in [2.24, 2.45) is 0 Å². The molecule has 2 N–H and O–H groups in total. The highest BCUT2D eigenvalue weighted by atomic mass is 32.2. The Kier molecular flexibility index (Phi) is 10.8. The van der Waals surface area contributed by atoms with Crippen molar-refractivity contribution in [3.63, 3.8) is 0 Å². The van der Waals surface area contributed by atoms with Gasteiger partial charge in [-0.1, -0.05) is 12.1 Å². The van der Waals surface area contributed by atoms with Gasteiger partial charge in [0.05, 0.1) is 28.4 Å². The molecule has 2 rings (SSSR count). The van der Waals surface area contributed by atoms with Crippen LogP contribution in [0, 0.1) is 0 Å². The van der Waals surface area contributed by atoms with Gasteiger partial charge in [0, 0.05) is 23.7 Å². The monoisotopic (exact) mass is 450 g/mol. The third-order valence-electron chi connectivity index (χ3n) is 5.14. The fourth-order valence-corrected chi connectivity index (χ4v) is 5.09. The highest BCUT2D eigenvalue weighted by molar-refractivity contribution is 7.99. The maximum Gasteiger partial charge on any atom is 0.161 e. The molecule has 2 atom stereocenters. The topological polar surface area (TPSA) is 77.4 Å². The fraction of sp³-hybridized carbons (Fsp3) is 0.500. The maximum absolute atomic E-state index is 9.45. The highest BCUT2D eigenvalue weighted by Crippen LogP contribution is 2.47. The van der Waals surface area contributed by atoms with Crippen molar-refractivity contribution in [1.29, 1.82) is 0 Å². The molecular formula is C24H34O6S. The van der Waals surface area contributed by atoms with Crippen LogP contribution in [0.15, 0.2) is 36.4 Å². The number of aliphatic hydroxyl groups is 2. The molecule has 0 aromatic heterocycles. The van der Waals surface area contributed by atoms with Crippen LogP contribution in [0.3, 0.4) is 0 Å². The molecule has 2 aromatic carbocycles. The molecule has 7 heteroatoms. The molecule has 172 valence electrons. The van der Waals surface area contributed by atoms with Gasteiger partial charge in [0.2, 0.25) is 0 Å². The molecule has 0 bridgehead atoms. The number of rotatable bonds is 14. The Balaban J connectivity index is 2.37. The van der Waals surface area contributed by atoms with E-state index < -0.39 is 0 Å². The Morgan fingerprint density at radius 2 is 1.03 bits per heavy atom. The second kappa shape index (κ2) is 13.3. The smallest absolute Gasteiger partial charge is 0.161 e. The van der Waals surface area contributed by atoms with Crippen molar-refractivity contribution in [3.05, 3.63) is 47.5 Å². The quantitative estimate of drug-likeness (QED) is 0.429. The first-order valence-electron chi connectivity index (χ1n) is 10.4. The summed E-state index contributed by atoms with van der Waals surface area (Å²) in [5.41, 5.74) is 2.23. The van der Waals surface area contributed by atoms with E-state index in [2.05, 4.69) is 0 Å². The maximum atomic E-state index is 9.45. The standard InChI is InChI=1S/C24H34O6S/c1-27-19-11-9-17(15-21(19)29-3)23(7-5-13-25)31-24(8-6-14-26)18-10-12-20(28-2)22(16-18)30-4/h9-12,15-16,23-26H,5-8,13-14H2,1-4H3. The van der Waals surface area contributed by atoms with E-state index in [-0.39, 0.29) is 23.7 Å². The third-order valence-corrected chi connectivity index (χ3v) is 6.81. The summed E-state index contributed by atoms with van der Waals surface area (Å²) in [7, 11) is 6.51. The molecule has 2 aromatic rings. The van der Waals surface area contributed by atoms with Gasteiger partial charge in [0.25, 0.3) is 0 Å². The van der Waals surface area contributed by atoms with Crippen LogP contribution in [-0.4, -0.2) is 51.9 Å². The summed E-state index contributed by atoms with van der Waals surface area (Å²) in [5.74, 6) is 2.75. The van der Waals surface area contributed by atoms with Gasteiger partial charge in [-0.2, -0.15) is 0 Å². The SMILES string of the molecule is COc1ccc(C(CCCO)SC(CCCO)c2ccc(OC)c(OC)c2)cc1OC. The first kappa shape index (κ1) is 25.2. The Morgan fingerprint density at radius 1 is 0.645 bits per heavy atom. The normalized spacial score (nSPS) is 12.8. The van der Waals surface area contributed by atoms with Crippen LogP contribution in [0.5, 0.6) is 23.0 Å². The molecular weight excluding hydrogens is 416 g/mol. The molecule has 0 saturated heterocycles. The van der Waals surface area contributed by atoms with E-state index in [4.69, 9.17) is 18.9 Å². The minimum atomic E-state index is 0.141. The number of ether oxygens (including phenoxy) is 4. The Labute approximate surface area is 189 Å². The van der Waals surface area contributed by atoms with Crippen LogP contribution in [0.4, 0.5) is 0 Å².